The van der Waals surface area contributed by atoms with Crippen molar-refractivity contribution in [2.24, 2.45) is 0 Å². The Balaban J connectivity index is 1.76. The van der Waals surface area contributed by atoms with Crippen LogP contribution in [0, 0.1) is 11.6 Å². The van der Waals surface area contributed by atoms with Crippen molar-refractivity contribution in [1.29, 1.82) is 0 Å². The highest BCUT2D eigenvalue weighted by atomic mass is 19.1. The zero-order valence-corrected chi connectivity index (χ0v) is 13.1. The summed E-state index contributed by atoms with van der Waals surface area (Å²) < 4.78 is 26.6. The molecule has 0 bridgehead atoms. The molecule has 126 valence electrons. The lowest BCUT2D eigenvalue weighted by Gasteiger charge is -2.20. The van der Waals surface area contributed by atoms with Gasteiger partial charge in [-0.25, -0.2) is 18.7 Å². The fourth-order valence-corrected chi connectivity index (χ4v) is 2.68. The number of rotatable bonds is 3. The zero-order chi connectivity index (χ0) is 16.9. The maximum Gasteiger partial charge on any atom is 0.274 e. The SMILES string of the molecule is O=C(Nc1ccc(F)cc1F)c1ccnc(N2CCCCCC2)n1. The summed E-state index contributed by atoms with van der Waals surface area (Å²) in [6, 6.07) is 4.46. The average molecular weight is 332 g/mol. The first-order valence-electron chi connectivity index (χ1n) is 7.98. The van der Waals surface area contributed by atoms with E-state index in [0.717, 1.165) is 38.1 Å². The monoisotopic (exact) mass is 332 g/mol. The van der Waals surface area contributed by atoms with E-state index in [4.69, 9.17) is 0 Å². The number of amides is 1. The minimum absolute atomic E-state index is 0.0867. The standard InChI is InChI=1S/C17H18F2N4O/c18-12-5-6-14(13(19)11-12)21-16(24)15-7-8-20-17(22-15)23-9-3-1-2-4-10-23/h5-8,11H,1-4,9-10H2,(H,21,24). The van der Waals surface area contributed by atoms with Crippen LogP contribution in [0.1, 0.15) is 36.2 Å². The average Bonchev–Trinajstić information content (AvgIpc) is 2.87. The molecule has 3 rings (SSSR count). The topological polar surface area (TPSA) is 58.1 Å². The van der Waals surface area contributed by atoms with E-state index in [1.165, 1.54) is 31.2 Å². The van der Waals surface area contributed by atoms with Crippen LogP contribution in [-0.4, -0.2) is 29.0 Å². The molecule has 2 aromatic rings. The summed E-state index contributed by atoms with van der Waals surface area (Å²) in [5, 5.41) is 2.41. The van der Waals surface area contributed by atoms with Gasteiger partial charge in [-0.2, -0.15) is 0 Å². The molecule has 1 saturated heterocycles. The summed E-state index contributed by atoms with van der Waals surface area (Å²) in [5.41, 5.74) is 0.0595. The Bertz CT molecular complexity index is 730. The third-order valence-electron chi connectivity index (χ3n) is 3.94. The van der Waals surface area contributed by atoms with Crippen molar-refractivity contribution in [2.75, 3.05) is 23.3 Å². The fourth-order valence-electron chi connectivity index (χ4n) is 2.68. The minimum Gasteiger partial charge on any atom is -0.341 e. The van der Waals surface area contributed by atoms with Gasteiger partial charge in [-0.3, -0.25) is 4.79 Å². The highest BCUT2D eigenvalue weighted by Gasteiger charge is 2.16. The maximum absolute atomic E-state index is 13.6. The molecule has 1 amide bonds. The highest BCUT2D eigenvalue weighted by Crippen LogP contribution is 2.18. The number of anilines is 2. The molecule has 2 heterocycles. The first kappa shape index (κ1) is 16.3. The molecule has 1 N–H and O–H groups in total. The van der Waals surface area contributed by atoms with Crippen LogP contribution < -0.4 is 10.2 Å². The number of hydrogen-bond donors (Lipinski definition) is 1. The molecule has 0 spiro atoms. The van der Waals surface area contributed by atoms with Crippen molar-refractivity contribution in [3.8, 4) is 0 Å². The molecule has 7 heteroatoms. The van der Waals surface area contributed by atoms with E-state index in [0.29, 0.717) is 5.95 Å². The van der Waals surface area contributed by atoms with Gasteiger partial charge >= 0.3 is 0 Å². The number of carbonyl (C=O) groups excluding carboxylic acids is 1. The molecular formula is C17H18F2N4O. The van der Waals surface area contributed by atoms with Crippen molar-refractivity contribution in [1.82, 2.24) is 9.97 Å². The lowest BCUT2D eigenvalue weighted by atomic mass is 10.2. The smallest absolute Gasteiger partial charge is 0.274 e. The van der Waals surface area contributed by atoms with Crippen molar-refractivity contribution in [3.63, 3.8) is 0 Å². The molecule has 24 heavy (non-hydrogen) atoms. The molecule has 0 aliphatic carbocycles. The Morgan fingerprint density at radius 2 is 1.83 bits per heavy atom. The molecule has 0 atom stereocenters. The van der Waals surface area contributed by atoms with Gasteiger partial charge < -0.3 is 10.2 Å². The van der Waals surface area contributed by atoms with Gasteiger partial charge in [0.1, 0.15) is 17.3 Å². The van der Waals surface area contributed by atoms with Gasteiger partial charge in [0.25, 0.3) is 5.91 Å². The van der Waals surface area contributed by atoms with Gasteiger partial charge in [-0.05, 0) is 31.0 Å². The van der Waals surface area contributed by atoms with Gasteiger partial charge in [0, 0.05) is 25.4 Å². The molecule has 0 saturated carbocycles. The molecular weight excluding hydrogens is 314 g/mol. The summed E-state index contributed by atoms with van der Waals surface area (Å²) in [6.07, 6.45) is 6.02. The van der Waals surface area contributed by atoms with Crippen LogP contribution in [0.25, 0.3) is 0 Å². The molecule has 1 aromatic carbocycles. The van der Waals surface area contributed by atoms with Gasteiger partial charge in [-0.1, -0.05) is 12.8 Å². The summed E-state index contributed by atoms with van der Waals surface area (Å²) in [4.78, 5) is 22.9. The van der Waals surface area contributed by atoms with Gasteiger partial charge in [0.05, 0.1) is 5.69 Å². The second kappa shape index (κ2) is 7.33. The minimum atomic E-state index is -0.829. The Hall–Kier alpha value is -2.57. The summed E-state index contributed by atoms with van der Waals surface area (Å²) >= 11 is 0. The molecule has 0 radical (unpaired) electrons. The highest BCUT2D eigenvalue weighted by molar-refractivity contribution is 6.03. The lowest BCUT2D eigenvalue weighted by molar-refractivity contribution is 0.102. The van der Waals surface area contributed by atoms with Crippen LogP contribution in [0.4, 0.5) is 20.4 Å². The van der Waals surface area contributed by atoms with Crippen molar-refractivity contribution < 1.29 is 13.6 Å². The molecule has 1 fully saturated rings. The molecule has 1 aliphatic heterocycles. The molecule has 0 unspecified atom stereocenters. The van der Waals surface area contributed by atoms with Gasteiger partial charge in [0.2, 0.25) is 5.95 Å². The predicted octanol–water partition coefficient (Wildman–Crippen LogP) is 3.39. The number of aromatic nitrogens is 2. The predicted molar refractivity (Wildman–Crippen MR) is 87.0 cm³/mol. The third-order valence-corrected chi connectivity index (χ3v) is 3.94. The first-order valence-corrected chi connectivity index (χ1v) is 7.98. The van der Waals surface area contributed by atoms with Crippen LogP contribution in [0.2, 0.25) is 0 Å². The number of nitrogens with zero attached hydrogens (tertiary/aromatic N) is 3. The Kier molecular flexibility index (Phi) is 4.98. The number of nitrogens with one attached hydrogen (secondary N) is 1. The van der Waals surface area contributed by atoms with Crippen LogP contribution in [0.3, 0.4) is 0 Å². The Morgan fingerprint density at radius 1 is 1.08 bits per heavy atom. The van der Waals surface area contributed by atoms with Gasteiger partial charge in [0.15, 0.2) is 0 Å². The van der Waals surface area contributed by atoms with Crippen molar-refractivity contribution >= 4 is 17.5 Å². The molecule has 5 nitrogen and oxygen atoms in total. The quantitative estimate of drug-likeness (QED) is 0.936. The maximum atomic E-state index is 13.6. The van der Waals surface area contributed by atoms with E-state index < -0.39 is 17.5 Å². The Labute approximate surface area is 138 Å². The summed E-state index contributed by atoms with van der Waals surface area (Å²) in [5.74, 6) is -1.58. The largest absolute Gasteiger partial charge is 0.341 e. The number of halogens is 2. The second-order valence-corrected chi connectivity index (χ2v) is 5.72. The van der Waals surface area contributed by atoms with Crippen molar-refractivity contribution in [2.45, 2.75) is 25.7 Å². The van der Waals surface area contributed by atoms with Crippen LogP contribution in [0.15, 0.2) is 30.5 Å². The van der Waals surface area contributed by atoms with E-state index in [2.05, 4.69) is 20.2 Å². The first-order chi connectivity index (χ1) is 11.6. The van der Waals surface area contributed by atoms with E-state index in [9.17, 15) is 13.6 Å². The van der Waals surface area contributed by atoms with E-state index in [1.807, 2.05) is 0 Å². The normalized spacial score (nSPS) is 15.0. The van der Waals surface area contributed by atoms with Gasteiger partial charge in [-0.15, -0.1) is 0 Å². The number of carbonyl (C=O) groups is 1. The zero-order valence-electron chi connectivity index (χ0n) is 13.1. The molecule has 1 aliphatic rings. The van der Waals surface area contributed by atoms with E-state index >= 15 is 0 Å². The second-order valence-electron chi connectivity index (χ2n) is 5.72. The Morgan fingerprint density at radius 3 is 2.54 bits per heavy atom. The van der Waals surface area contributed by atoms with Crippen molar-refractivity contribution in [3.05, 3.63) is 47.8 Å². The summed E-state index contributed by atoms with van der Waals surface area (Å²) in [7, 11) is 0. The fraction of sp³-hybridized carbons (Fsp3) is 0.353. The van der Waals surface area contributed by atoms with Crippen LogP contribution in [-0.2, 0) is 0 Å². The third kappa shape index (κ3) is 3.84. The lowest BCUT2D eigenvalue weighted by Crippen LogP contribution is -2.27. The number of hydrogen-bond acceptors (Lipinski definition) is 4. The number of benzene rings is 1. The van der Waals surface area contributed by atoms with E-state index in [1.54, 1.807) is 0 Å². The molecule has 1 aromatic heterocycles. The van der Waals surface area contributed by atoms with Crippen LogP contribution >= 0.6 is 0 Å². The van der Waals surface area contributed by atoms with Crippen LogP contribution in [0.5, 0.6) is 0 Å². The summed E-state index contributed by atoms with van der Waals surface area (Å²) in [6.45, 7) is 1.72. The van der Waals surface area contributed by atoms with E-state index in [-0.39, 0.29) is 11.4 Å².